The summed E-state index contributed by atoms with van der Waals surface area (Å²) in [7, 11) is 0. The Bertz CT molecular complexity index is 371. The lowest BCUT2D eigenvalue weighted by Gasteiger charge is -1.96. The number of hydrogen-bond donors (Lipinski definition) is 0. The maximum atomic E-state index is 12.6. The number of halogens is 1. The molecule has 0 bridgehead atoms. The van der Waals surface area contributed by atoms with Crippen molar-refractivity contribution in [1.82, 2.24) is 0 Å². The summed E-state index contributed by atoms with van der Waals surface area (Å²) in [4.78, 5) is 0. The highest BCUT2D eigenvalue weighted by molar-refractivity contribution is 5.21. The van der Waals surface area contributed by atoms with Crippen molar-refractivity contribution < 1.29 is 4.39 Å². The molecule has 27 heavy (non-hydrogen) atoms. The van der Waals surface area contributed by atoms with E-state index in [0.717, 1.165) is 5.56 Å². The highest BCUT2D eigenvalue weighted by Crippen LogP contribution is 2.07. The van der Waals surface area contributed by atoms with E-state index in [1.54, 1.807) is 13.0 Å². The average molecular weight is 381 g/mol. The first-order valence-corrected chi connectivity index (χ1v) is 11.8. The maximum Gasteiger partial charge on any atom is 0.126 e. The quantitative estimate of drug-likeness (QED) is 0.316. The van der Waals surface area contributed by atoms with Gasteiger partial charge in [0.1, 0.15) is 5.82 Å². The zero-order valence-electron chi connectivity index (χ0n) is 19.5. The van der Waals surface area contributed by atoms with Crippen molar-refractivity contribution in [2.45, 2.75) is 131 Å². The summed E-state index contributed by atoms with van der Waals surface area (Å²) in [5.41, 5.74) is 1.68. The molecule has 0 aliphatic rings. The van der Waals surface area contributed by atoms with Crippen molar-refractivity contribution in [2.75, 3.05) is 0 Å². The number of benzene rings is 1. The van der Waals surface area contributed by atoms with Crippen molar-refractivity contribution >= 4 is 0 Å². The second-order valence-corrected chi connectivity index (χ2v) is 7.79. The summed E-state index contributed by atoms with van der Waals surface area (Å²) in [5.74, 6) is -0.116. The molecule has 0 nitrogen and oxygen atoms in total. The molecule has 1 rings (SSSR count). The fraction of sp³-hybridized carbons (Fsp3) is 0.769. The Balaban J connectivity index is 0. The molecule has 0 fully saturated rings. The van der Waals surface area contributed by atoms with Crippen LogP contribution in [-0.4, -0.2) is 0 Å². The van der Waals surface area contributed by atoms with Crippen molar-refractivity contribution in [3.05, 3.63) is 35.1 Å². The van der Waals surface area contributed by atoms with Gasteiger partial charge < -0.3 is 0 Å². The molecule has 0 saturated heterocycles. The molecular weight excluding hydrogens is 331 g/mol. The Kier molecular flexibility index (Phi) is 24.4. The van der Waals surface area contributed by atoms with E-state index < -0.39 is 0 Å². The standard InChI is InChI=1S/2C9H20.C8H9F/c2*1-3-5-7-9-8-6-4-2;1-6-3-4-7(2)8(9)5-6/h2*3-9H2,1-2H3;3-5H,1-2H3. The zero-order chi connectivity index (χ0) is 20.8. The Morgan fingerprint density at radius 1 is 0.556 bits per heavy atom. The van der Waals surface area contributed by atoms with Gasteiger partial charge in [0.25, 0.3) is 0 Å². The summed E-state index contributed by atoms with van der Waals surface area (Å²) in [6.07, 6.45) is 19.9. The van der Waals surface area contributed by atoms with Gasteiger partial charge in [-0.15, -0.1) is 0 Å². The van der Waals surface area contributed by atoms with Crippen LogP contribution >= 0.6 is 0 Å². The third kappa shape index (κ3) is 23.1. The van der Waals surface area contributed by atoms with Crippen LogP contribution in [0.15, 0.2) is 18.2 Å². The average Bonchev–Trinajstić information content (AvgIpc) is 2.66. The molecule has 0 heterocycles. The van der Waals surface area contributed by atoms with E-state index in [1.165, 1.54) is 96.0 Å². The molecule has 0 saturated carbocycles. The number of unbranched alkanes of at least 4 members (excludes halogenated alkanes) is 12. The highest BCUT2D eigenvalue weighted by Gasteiger charge is 1.93. The molecule has 0 radical (unpaired) electrons. The van der Waals surface area contributed by atoms with Crippen LogP contribution in [0.1, 0.15) is 129 Å². The second-order valence-electron chi connectivity index (χ2n) is 7.79. The summed E-state index contributed by atoms with van der Waals surface area (Å²) in [6.45, 7) is 12.7. The van der Waals surface area contributed by atoms with E-state index >= 15 is 0 Å². The minimum absolute atomic E-state index is 0.116. The summed E-state index contributed by atoms with van der Waals surface area (Å²) in [6, 6.07) is 5.22. The van der Waals surface area contributed by atoms with Gasteiger partial charge >= 0.3 is 0 Å². The van der Waals surface area contributed by atoms with Crippen LogP contribution in [-0.2, 0) is 0 Å². The fourth-order valence-electron chi connectivity index (χ4n) is 2.76. The van der Waals surface area contributed by atoms with Crippen LogP contribution in [0.5, 0.6) is 0 Å². The van der Waals surface area contributed by atoms with Gasteiger partial charge in [-0.05, 0) is 31.0 Å². The molecule has 0 N–H and O–H groups in total. The van der Waals surface area contributed by atoms with Crippen molar-refractivity contribution in [2.24, 2.45) is 0 Å². The molecule has 1 aromatic rings. The molecule has 0 aliphatic heterocycles. The topological polar surface area (TPSA) is 0 Å². The third-order valence-electron chi connectivity index (χ3n) is 4.74. The van der Waals surface area contributed by atoms with Crippen LogP contribution in [0.25, 0.3) is 0 Å². The van der Waals surface area contributed by atoms with Crippen LogP contribution in [0.3, 0.4) is 0 Å². The van der Waals surface area contributed by atoms with Gasteiger partial charge in [0.05, 0.1) is 0 Å². The predicted molar refractivity (Wildman–Crippen MR) is 123 cm³/mol. The summed E-state index contributed by atoms with van der Waals surface area (Å²) in [5, 5.41) is 0. The molecule has 0 unspecified atom stereocenters. The van der Waals surface area contributed by atoms with Crippen LogP contribution in [0.2, 0.25) is 0 Å². The summed E-state index contributed by atoms with van der Waals surface area (Å²) < 4.78 is 12.6. The second kappa shape index (κ2) is 23.2. The van der Waals surface area contributed by atoms with Gasteiger partial charge in [-0.3, -0.25) is 0 Å². The van der Waals surface area contributed by atoms with E-state index in [2.05, 4.69) is 27.7 Å². The van der Waals surface area contributed by atoms with Gasteiger partial charge in [0.2, 0.25) is 0 Å². The SMILES string of the molecule is CCCCCCCCC.CCCCCCCCC.Cc1ccc(C)c(F)c1. The summed E-state index contributed by atoms with van der Waals surface area (Å²) >= 11 is 0. The lowest BCUT2D eigenvalue weighted by Crippen LogP contribution is -1.81. The van der Waals surface area contributed by atoms with Crippen LogP contribution < -0.4 is 0 Å². The van der Waals surface area contributed by atoms with E-state index in [4.69, 9.17) is 0 Å². The third-order valence-corrected chi connectivity index (χ3v) is 4.74. The monoisotopic (exact) mass is 380 g/mol. The number of rotatable bonds is 12. The van der Waals surface area contributed by atoms with Gasteiger partial charge in [-0.25, -0.2) is 4.39 Å². The molecule has 0 aliphatic carbocycles. The molecule has 160 valence electrons. The highest BCUT2D eigenvalue weighted by atomic mass is 19.1. The van der Waals surface area contributed by atoms with E-state index in [-0.39, 0.29) is 5.82 Å². The van der Waals surface area contributed by atoms with E-state index in [0.29, 0.717) is 5.56 Å². The minimum atomic E-state index is -0.116. The smallest absolute Gasteiger partial charge is 0.126 e. The van der Waals surface area contributed by atoms with Gasteiger partial charge in [0.15, 0.2) is 0 Å². The Hall–Kier alpha value is -0.850. The van der Waals surface area contributed by atoms with Gasteiger partial charge in [-0.1, -0.05) is 130 Å². The normalized spacial score (nSPS) is 9.89. The first kappa shape index (κ1) is 28.4. The van der Waals surface area contributed by atoms with E-state index in [1.807, 2.05) is 13.0 Å². The molecule has 0 aromatic heterocycles. The Labute approximate surface area is 171 Å². The minimum Gasteiger partial charge on any atom is -0.207 e. The van der Waals surface area contributed by atoms with Gasteiger partial charge in [-0.2, -0.15) is 0 Å². The van der Waals surface area contributed by atoms with E-state index in [9.17, 15) is 4.39 Å². The molecule has 0 atom stereocenters. The molecule has 1 aromatic carbocycles. The molecule has 0 spiro atoms. The van der Waals surface area contributed by atoms with Crippen molar-refractivity contribution in [1.29, 1.82) is 0 Å². The largest absolute Gasteiger partial charge is 0.207 e. The van der Waals surface area contributed by atoms with Crippen LogP contribution in [0, 0.1) is 19.7 Å². The fourth-order valence-corrected chi connectivity index (χ4v) is 2.76. The lowest BCUT2D eigenvalue weighted by molar-refractivity contribution is 0.602. The van der Waals surface area contributed by atoms with Crippen LogP contribution in [0.4, 0.5) is 4.39 Å². The van der Waals surface area contributed by atoms with Crippen molar-refractivity contribution in [3.63, 3.8) is 0 Å². The lowest BCUT2D eigenvalue weighted by atomic mass is 10.1. The number of hydrogen-bond acceptors (Lipinski definition) is 0. The first-order chi connectivity index (χ1) is 13.0. The van der Waals surface area contributed by atoms with Gasteiger partial charge in [0, 0.05) is 0 Å². The van der Waals surface area contributed by atoms with Crippen molar-refractivity contribution in [3.8, 4) is 0 Å². The molecule has 1 heteroatoms. The Morgan fingerprint density at radius 3 is 1.15 bits per heavy atom. The maximum absolute atomic E-state index is 12.6. The number of aryl methyl sites for hydroxylation is 2. The first-order valence-electron chi connectivity index (χ1n) is 11.8. The Morgan fingerprint density at radius 2 is 0.889 bits per heavy atom. The zero-order valence-corrected chi connectivity index (χ0v) is 19.5. The molecule has 0 amide bonds. The molecular formula is C26H49F. The predicted octanol–water partition coefficient (Wildman–Crippen LogP) is 9.96.